The maximum atomic E-state index is 14.3. The molecule has 1 saturated carbocycles. The molecule has 1 aliphatic carbocycles. The Morgan fingerprint density at radius 2 is 1.86 bits per heavy atom. The summed E-state index contributed by atoms with van der Waals surface area (Å²) < 4.78 is 47.4. The van der Waals surface area contributed by atoms with Crippen molar-refractivity contribution in [2.45, 2.75) is 97.9 Å². The summed E-state index contributed by atoms with van der Waals surface area (Å²) in [6, 6.07) is 5.19. The van der Waals surface area contributed by atoms with Crippen LogP contribution in [0.2, 0.25) is 0 Å². The number of amides is 1. The number of anilines is 1. The number of aryl methyl sites for hydroxylation is 1. The van der Waals surface area contributed by atoms with Crippen molar-refractivity contribution in [1.29, 1.82) is 0 Å². The van der Waals surface area contributed by atoms with Crippen LogP contribution in [-0.4, -0.2) is 61.4 Å². The van der Waals surface area contributed by atoms with Gasteiger partial charge in [-0.05, 0) is 74.5 Å². The van der Waals surface area contributed by atoms with Gasteiger partial charge < -0.3 is 19.8 Å². The van der Waals surface area contributed by atoms with E-state index in [0.717, 1.165) is 50.5 Å². The third-order valence-electron chi connectivity index (χ3n) is 8.42. The summed E-state index contributed by atoms with van der Waals surface area (Å²) in [5, 5.41) is 15.3. The molecule has 0 bridgehead atoms. The van der Waals surface area contributed by atoms with Crippen LogP contribution in [0.3, 0.4) is 0 Å². The van der Waals surface area contributed by atoms with Gasteiger partial charge in [0.1, 0.15) is 21.2 Å². The van der Waals surface area contributed by atoms with Crippen molar-refractivity contribution in [3.63, 3.8) is 0 Å². The molecule has 1 aromatic rings. The van der Waals surface area contributed by atoms with E-state index in [4.69, 9.17) is 4.52 Å². The zero-order valence-electron chi connectivity index (χ0n) is 25.8. The Labute approximate surface area is 251 Å². The number of aliphatic hydroxyl groups is 1. The van der Waals surface area contributed by atoms with Gasteiger partial charge in [-0.1, -0.05) is 52.5 Å². The summed E-state index contributed by atoms with van der Waals surface area (Å²) in [6.45, 7) is 8.88. The molecule has 1 unspecified atom stereocenters. The van der Waals surface area contributed by atoms with Gasteiger partial charge in [0.25, 0.3) is 5.91 Å². The number of nitrogens with zero attached hydrogens (tertiary/aromatic N) is 2. The molecule has 9 nitrogen and oxygen atoms in total. The van der Waals surface area contributed by atoms with Crippen molar-refractivity contribution >= 4 is 40.1 Å². The van der Waals surface area contributed by atoms with E-state index >= 15 is 0 Å². The summed E-state index contributed by atoms with van der Waals surface area (Å²) in [6.07, 6.45) is 10.2. The molecule has 0 saturated heterocycles. The highest BCUT2D eigenvalue weighted by atomic mass is 32.2. The number of hydrogen-bond donors (Lipinski definition) is 2. The second-order valence-corrected chi connectivity index (χ2v) is 17.5. The number of aliphatic hydroxyl groups excluding tert-OH is 1. The average molecular weight is 622 g/mol. The van der Waals surface area contributed by atoms with Crippen LogP contribution in [0.15, 0.2) is 34.3 Å². The van der Waals surface area contributed by atoms with Gasteiger partial charge in [-0.3, -0.25) is 9.36 Å². The predicted octanol–water partition coefficient (Wildman–Crippen LogP) is 6.16. The largest absolute Gasteiger partial charge is 0.509 e. The topological polar surface area (TPSA) is 125 Å². The lowest BCUT2D eigenvalue weighted by atomic mass is 9.82. The van der Waals surface area contributed by atoms with Crippen molar-refractivity contribution in [2.75, 3.05) is 30.5 Å². The standard InChI is InChI=1S/C31H48N3O6PS/c1-6-40-41(37)25-21-22(13-9-8-12-20-42(5,38)39)16-17-24(25)32-29(33-41)26-28(35)27(23-14-10-7-11-15-23)34(30(26)36)19-18-31(2,3)4/h16-17,21,23,27,35H,6-15,18-20H2,1-5H3,(H,32,33,37)/t27-,41?/m0/s1. The fraction of sp³-hybridized carbons (Fsp3) is 0.677. The zero-order valence-corrected chi connectivity index (χ0v) is 27.5. The van der Waals surface area contributed by atoms with Gasteiger partial charge in [-0.2, -0.15) is 4.76 Å². The van der Waals surface area contributed by atoms with Crippen LogP contribution in [0, 0.1) is 11.3 Å². The number of nitrogens with one attached hydrogen (secondary N) is 1. The highest BCUT2D eigenvalue weighted by Gasteiger charge is 2.47. The van der Waals surface area contributed by atoms with Crippen molar-refractivity contribution in [1.82, 2.24) is 4.90 Å². The lowest BCUT2D eigenvalue weighted by Crippen LogP contribution is -2.43. The Hall–Kier alpha value is -2.16. The van der Waals surface area contributed by atoms with Crippen LogP contribution >= 0.6 is 7.52 Å². The van der Waals surface area contributed by atoms with Crippen LogP contribution in [0.4, 0.5) is 5.69 Å². The summed E-state index contributed by atoms with van der Waals surface area (Å²) in [4.78, 5) is 15.8. The lowest BCUT2D eigenvalue weighted by Gasteiger charge is -2.35. The van der Waals surface area contributed by atoms with E-state index in [1.165, 1.54) is 12.7 Å². The van der Waals surface area contributed by atoms with Gasteiger partial charge in [-0.15, -0.1) is 0 Å². The molecule has 2 atom stereocenters. The molecule has 0 aromatic heterocycles. The van der Waals surface area contributed by atoms with Gasteiger partial charge in [0.15, 0.2) is 5.84 Å². The van der Waals surface area contributed by atoms with E-state index in [-0.39, 0.29) is 46.8 Å². The number of carbonyl (C=O) groups is 1. The summed E-state index contributed by atoms with van der Waals surface area (Å²) in [5.74, 6) is 0.194. The third-order valence-corrected chi connectivity index (χ3v) is 11.5. The third kappa shape index (κ3) is 7.86. The van der Waals surface area contributed by atoms with E-state index in [1.807, 2.05) is 23.1 Å². The monoisotopic (exact) mass is 621 g/mol. The first-order chi connectivity index (χ1) is 19.7. The molecule has 0 spiro atoms. The maximum absolute atomic E-state index is 14.3. The van der Waals surface area contributed by atoms with Crippen LogP contribution in [0.5, 0.6) is 0 Å². The number of hydrogen-bond acceptors (Lipinski definition) is 7. The molecular formula is C31H48N3O6PS. The van der Waals surface area contributed by atoms with Gasteiger partial charge in [-0.25, -0.2) is 8.42 Å². The molecule has 0 radical (unpaired) electrons. The van der Waals surface area contributed by atoms with Crippen molar-refractivity contribution in [3.05, 3.63) is 35.1 Å². The van der Waals surface area contributed by atoms with Crippen molar-refractivity contribution in [3.8, 4) is 0 Å². The number of amidine groups is 1. The first-order valence-electron chi connectivity index (χ1n) is 15.4. The Morgan fingerprint density at radius 3 is 2.50 bits per heavy atom. The van der Waals surface area contributed by atoms with Crippen LogP contribution < -0.4 is 10.6 Å². The van der Waals surface area contributed by atoms with Crippen molar-refractivity contribution in [2.24, 2.45) is 16.1 Å². The van der Waals surface area contributed by atoms with E-state index in [9.17, 15) is 22.9 Å². The van der Waals surface area contributed by atoms with Crippen LogP contribution in [0.1, 0.15) is 91.0 Å². The fourth-order valence-corrected chi connectivity index (χ4v) is 8.75. The van der Waals surface area contributed by atoms with Gasteiger partial charge >= 0.3 is 7.52 Å². The second-order valence-electron chi connectivity index (χ2n) is 13.2. The number of carbonyl (C=O) groups excluding carboxylic acids is 1. The van der Waals surface area contributed by atoms with E-state index in [1.54, 1.807) is 6.92 Å². The Morgan fingerprint density at radius 1 is 1.14 bits per heavy atom. The Bertz CT molecular complexity index is 1380. The first-order valence-corrected chi connectivity index (χ1v) is 19.0. The summed E-state index contributed by atoms with van der Waals surface area (Å²) in [7, 11) is -6.71. The van der Waals surface area contributed by atoms with Crippen LogP contribution in [-0.2, 0) is 30.1 Å². The van der Waals surface area contributed by atoms with Gasteiger partial charge in [0, 0.05) is 18.6 Å². The minimum Gasteiger partial charge on any atom is -0.509 e. The fourth-order valence-electron chi connectivity index (χ4n) is 6.19. The molecule has 2 N–H and O–H groups in total. The zero-order chi connectivity index (χ0) is 30.7. The number of fused-ring (bicyclic) bond motifs is 1. The normalized spacial score (nSPS) is 23.6. The number of sulfone groups is 1. The molecule has 234 valence electrons. The summed E-state index contributed by atoms with van der Waals surface area (Å²) in [5.41, 5.74) is 1.62. The average Bonchev–Trinajstić information content (AvgIpc) is 3.16. The molecule has 1 fully saturated rings. The molecule has 2 aliphatic heterocycles. The molecule has 11 heteroatoms. The SMILES string of the molecule is CCOP1(=O)N=C(C2=C(O)[C@H](C3CCCCC3)N(CCC(C)(C)C)C2=O)Nc2ccc(CCCCCS(C)(=O)=O)cc21. The smallest absolute Gasteiger partial charge is 0.348 e. The predicted molar refractivity (Wildman–Crippen MR) is 169 cm³/mol. The second kappa shape index (κ2) is 13.2. The minimum absolute atomic E-state index is 0.0178. The molecule has 1 amide bonds. The first kappa shape index (κ1) is 32.7. The van der Waals surface area contributed by atoms with Crippen molar-refractivity contribution < 1.29 is 27.4 Å². The highest BCUT2D eigenvalue weighted by molar-refractivity contribution is 7.90. The molecular weight excluding hydrogens is 573 g/mol. The number of rotatable bonds is 12. The summed E-state index contributed by atoms with van der Waals surface area (Å²) >= 11 is 0. The molecule has 1 aromatic carbocycles. The molecule has 42 heavy (non-hydrogen) atoms. The minimum atomic E-state index is -3.74. The number of unbranched alkanes of at least 4 members (excludes halogenated alkanes) is 2. The van der Waals surface area contributed by atoms with E-state index < -0.39 is 23.4 Å². The lowest BCUT2D eigenvalue weighted by molar-refractivity contribution is -0.128. The van der Waals surface area contributed by atoms with E-state index in [0.29, 0.717) is 30.4 Å². The number of benzene rings is 1. The quantitative estimate of drug-likeness (QED) is 0.211. The van der Waals surface area contributed by atoms with Gasteiger partial charge in [0.05, 0.1) is 23.6 Å². The maximum Gasteiger partial charge on any atom is 0.348 e. The molecule has 3 aliphatic rings. The van der Waals surface area contributed by atoms with E-state index in [2.05, 4.69) is 30.9 Å². The van der Waals surface area contributed by atoms with Gasteiger partial charge in [0.2, 0.25) is 0 Å². The molecule has 2 heterocycles. The highest BCUT2D eigenvalue weighted by Crippen LogP contribution is 2.52. The molecule has 4 rings (SSSR count). The Balaban J connectivity index is 1.62. The Kier molecular flexibility index (Phi) is 10.3. The van der Waals surface area contributed by atoms with Crippen LogP contribution in [0.25, 0.3) is 0 Å².